The quantitative estimate of drug-likeness (QED) is 0.113. The van der Waals surface area contributed by atoms with Gasteiger partial charge in [0.25, 0.3) is 0 Å². The SMILES string of the molecule is CSCCC(NC(=O)C(Cc1c[nH]c2ccccc12)NC(=O)C(N)CC(N)=O)C(=O)NC(CC(N)=O)C(=O)O. The van der Waals surface area contributed by atoms with E-state index in [1.807, 2.05) is 24.3 Å². The molecule has 0 aliphatic rings. The lowest BCUT2D eigenvalue weighted by Gasteiger charge is -2.25. The summed E-state index contributed by atoms with van der Waals surface area (Å²) in [7, 11) is 0. The predicted molar refractivity (Wildman–Crippen MR) is 144 cm³/mol. The normalized spacial score (nSPS) is 14.0. The van der Waals surface area contributed by atoms with Crippen LogP contribution in [-0.4, -0.2) is 81.8 Å². The Kier molecular flexibility index (Phi) is 11.7. The number of benzene rings is 1. The van der Waals surface area contributed by atoms with Gasteiger partial charge in [-0.05, 0) is 30.1 Å². The number of amides is 5. The standard InChI is InChI=1S/C24H33N7O7S/c1-39-7-6-16(22(35)31-18(24(37)38)10-20(27)33)29-23(36)17(30-21(34)14(25)9-19(26)32)8-12-11-28-15-5-3-2-4-13(12)15/h2-5,11,14,16-18,28H,6-10,25H2,1H3,(H2,26,32)(H2,27,33)(H,29,36)(H,30,34)(H,31,35)(H,37,38). The first-order valence-electron chi connectivity index (χ1n) is 11.9. The van der Waals surface area contributed by atoms with E-state index in [0.29, 0.717) is 11.3 Å². The Bertz CT molecular complexity index is 1220. The molecule has 1 heterocycles. The number of aromatic amines is 1. The number of H-pyrrole nitrogens is 1. The topological polar surface area (TPSA) is 253 Å². The van der Waals surface area contributed by atoms with Gasteiger partial charge in [-0.1, -0.05) is 18.2 Å². The highest BCUT2D eigenvalue weighted by Crippen LogP contribution is 2.19. The minimum Gasteiger partial charge on any atom is -0.480 e. The lowest BCUT2D eigenvalue weighted by atomic mass is 10.0. The largest absolute Gasteiger partial charge is 0.480 e. The fourth-order valence-electron chi connectivity index (χ4n) is 3.77. The van der Waals surface area contributed by atoms with Crippen LogP contribution < -0.4 is 33.2 Å². The van der Waals surface area contributed by atoms with Crippen LogP contribution in [-0.2, 0) is 35.2 Å². The van der Waals surface area contributed by atoms with Gasteiger partial charge < -0.3 is 43.2 Å². The van der Waals surface area contributed by atoms with Crippen LogP contribution in [0.5, 0.6) is 0 Å². The number of carboxylic acids is 1. The lowest BCUT2D eigenvalue weighted by Crippen LogP contribution is -2.58. The van der Waals surface area contributed by atoms with Gasteiger partial charge in [-0.3, -0.25) is 24.0 Å². The highest BCUT2D eigenvalue weighted by atomic mass is 32.2. The summed E-state index contributed by atoms with van der Waals surface area (Å²) in [4.78, 5) is 76.0. The van der Waals surface area contributed by atoms with E-state index in [-0.39, 0.29) is 12.8 Å². The summed E-state index contributed by atoms with van der Waals surface area (Å²) >= 11 is 1.39. The second-order valence-corrected chi connectivity index (χ2v) is 9.80. The van der Waals surface area contributed by atoms with Gasteiger partial charge >= 0.3 is 5.97 Å². The molecule has 1 aromatic carbocycles. The average molecular weight is 564 g/mol. The van der Waals surface area contributed by atoms with E-state index < -0.39 is 72.5 Å². The van der Waals surface area contributed by atoms with E-state index in [1.54, 1.807) is 12.5 Å². The molecule has 0 saturated heterocycles. The van der Waals surface area contributed by atoms with Crippen LogP contribution >= 0.6 is 11.8 Å². The molecule has 4 unspecified atom stereocenters. The molecule has 14 nitrogen and oxygen atoms in total. The minimum atomic E-state index is -1.59. The Morgan fingerprint density at radius 3 is 2.10 bits per heavy atom. The number of thioether (sulfide) groups is 1. The summed E-state index contributed by atoms with van der Waals surface area (Å²) in [6.45, 7) is 0. The van der Waals surface area contributed by atoms with Gasteiger partial charge in [-0.25, -0.2) is 4.79 Å². The smallest absolute Gasteiger partial charge is 0.326 e. The average Bonchev–Trinajstić information content (AvgIpc) is 3.27. The Morgan fingerprint density at radius 2 is 1.49 bits per heavy atom. The van der Waals surface area contributed by atoms with Crippen molar-refractivity contribution in [2.75, 3.05) is 12.0 Å². The van der Waals surface area contributed by atoms with Crippen LogP contribution in [0.4, 0.5) is 0 Å². The molecule has 0 spiro atoms. The monoisotopic (exact) mass is 563 g/mol. The first-order valence-corrected chi connectivity index (χ1v) is 13.3. The summed E-state index contributed by atoms with van der Waals surface area (Å²) in [5.74, 6) is -5.16. The van der Waals surface area contributed by atoms with E-state index in [1.165, 1.54) is 11.8 Å². The van der Waals surface area contributed by atoms with Crippen molar-refractivity contribution in [3.63, 3.8) is 0 Å². The number of fused-ring (bicyclic) bond motifs is 1. The third kappa shape index (κ3) is 9.61. The van der Waals surface area contributed by atoms with Crippen molar-refractivity contribution < 1.29 is 33.9 Å². The van der Waals surface area contributed by atoms with E-state index >= 15 is 0 Å². The van der Waals surface area contributed by atoms with Crippen molar-refractivity contribution in [3.8, 4) is 0 Å². The molecule has 4 atom stereocenters. The number of rotatable bonds is 16. The van der Waals surface area contributed by atoms with Gasteiger partial charge in [-0.2, -0.15) is 11.8 Å². The van der Waals surface area contributed by atoms with Crippen LogP contribution in [0.15, 0.2) is 30.5 Å². The van der Waals surface area contributed by atoms with Crippen molar-refractivity contribution in [2.24, 2.45) is 17.2 Å². The Balaban J connectivity index is 2.30. The van der Waals surface area contributed by atoms with E-state index in [2.05, 4.69) is 20.9 Å². The lowest BCUT2D eigenvalue weighted by molar-refractivity contribution is -0.143. The fourth-order valence-corrected chi connectivity index (χ4v) is 4.24. The number of carboxylic acid groups (broad SMARTS) is 1. The third-order valence-electron chi connectivity index (χ3n) is 5.75. The van der Waals surface area contributed by atoms with E-state index in [4.69, 9.17) is 17.2 Å². The molecule has 0 aliphatic heterocycles. The maximum atomic E-state index is 13.4. The van der Waals surface area contributed by atoms with Gasteiger partial charge in [0.1, 0.15) is 18.1 Å². The number of aliphatic carboxylic acids is 1. The Labute approximate surface area is 228 Å². The molecule has 0 fully saturated rings. The zero-order chi connectivity index (χ0) is 29.1. The zero-order valence-corrected chi connectivity index (χ0v) is 22.1. The first kappa shape index (κ1) is 31.1. The number of aromatic nitrogens is 1. The summed E-state index contributed by atoms with van der Waals surface area (Å²) in [6.07, 6.45) is 2.51. The van der Waals surface area contributed by atoms with E-state index in [9.17, 15) is 33.9 Å². The Hall–Kier alpha value is -4.11. The zero-order valence-electron chi connectivity index (χ0n) is 21.3. The number of nitrogens with one attached hydrogen (secondary N) is 4. The number of hydrogen-bond acceptors (Lipinski definition) is 8. The number of carbonyl (C=O) groups is 6. The van der Waals surface area contributed by atoms with Crippen LogP contribution in [0.25, 0.3) is 10.9 Å². The fraction of sp³-hybridized carbons (Fsp3) is 0.417. The molecule has 39 heavy (non-hydrogen) atoms. The number of hydrogen-bond donors (Lipinski definition) is 8. The number of nitrogens with two attached hydrogens (primary N) is 3. The summed E-state index contributed by atoms with van der Waals surface area (Å²) in [5.41, 5.74) is 17.5. The van der Waals surface area contributed by atoms with Gasteiger partial charge in [0.2, 0.25) is 29.5 Å². The number of primary amides is 2. The Morgan fingerprint density at radius 1 is 0.897 bits per heavy atom. The highest BCUT2D eigenvalue weighted by molar-refractivity contribution is 7.98. The molecule has 11 N–H and O–H groups in total. The first-order chi connectivity index (χ1) is 18.4. The van der Waals surface area contributed by atoms with Crippen molar-refractivity contribution in [2.45, 2.75) is 49.9 Å². The number of carbonyl (C=O) groups excluding carboxylic acids is 5. The molecule has 2 rings (SSSR count). The highest BCUT2D eigenvalue weighted by Gasteiger charge is 2.31. The van der Waals surface area contributed by atoms with Crippen LogP contribution in [0.1, 0.15) is 24.8 Å². The van der Waals surface area contributed by atoms with Gasteiger partial charge in [0, 0.05) is 23.5 Å². The summed E-state index contributed by atoms with van der Waals surface area (Å²) < 4.78 is 0. The molecule has 0 aliphatic carbocycles. The molecule has 5 amide bonds. The van der Waals surface area contributed by atoms with Crippen LogP contribution in [0, 0.1) is 0 Å². The third-order valence-corrected chi connectivity index (χ3v) is 6.40. The maximum Gasteiger partial charge on any atom is 0.326 e. The molecule has 0 saturated carbocycles. The second-order valence-electron chi connectivity index (χ2n) is 8.81. The second kappa shape index (κ2) is 14.7. The molecule has 2 aromatic rings. The van der Waals surface area contributed by atoms with Gasteiger partial charge in [0.05, 0.1) is 18.9 Å². The van der Waals surface area contributed by atoms with E-state index in [0.717, 1.165) is 10.9 Å². The maximum absolute atomic E-state index is 13.4. The van der Waals surface area contributed by atoms with Gasteiger partial charge in [-0.15, -0.1) is 0 Å². The molecule has 1 aromatic heterocycles. The molecule has 15 heteroatoms. The van der Waals surface area contributed by atoms with Crippen molar-refractivity contribution in [1.82, 2.24) is 20.9 Å². The van der Waals surface area contributed by atoms with Crippen LogP contribution in [0.2, 0.25) is 0 Å². The van der Waals surface area contributed by atoms with Gasteiger partial charge in [0.15, 0.2) is 0 Å². The molecule has 0 radical (unpaired) electrons. The van der Waals surface area contributed by atoms with Crippen LogP contribution in [0.3, 0.4) is 0 Å². The molecular formula is C24H33N7O7S. The molecule has 0 bridgehead atoms. The van der Waals surface area contributed by atoms with Crippen molar-refractivity contribution in [3.05, 3.63) is 36.0 Å². The predicted octanol–water partition coefficient (Wildman–Crippen LogP) is -1.92. The minimum absolute atomic E-state index is 0.00116. The molecule has 212 valence electrons. The van der Waals surface area contributed by atoms with Crippen molar-refractivity contribution >= 4 is 58.2 Å². The summed E-state index contributed by atoms with van der Waals surface area (Å²) in [6, 6.07) is 2.00. The summed E-state index contributed by atoms with van der Waals surface area (Å²) in [5, 5.41) is 17.4. The van der Waals surface area contributed by atoms with Crippen molar-refractivity contribution in [1.29, 1.82) is 0 Å². The molecular weight excluding hydrogens is 530 g/mol. The number of para-hydroxylation sites is 1.